The van der Waals surface area contributed by atoms with Crippen LogP contribution in [0.3, 0.4) is 0 Å². The van der Waals surface area contributed by atoms with E-state index < -0.39 is 15.6 Å². The van der Waals surface area contributed by atoms with E-state index in [2.05, 4.69) is 4.72 Å². The number of aliphatic hydroxyl groups is 1. The van der Waals surface area contributed by atoms with Gasteiger partial charge in [0.25, 0.3) is 0 Å². The van der Waals surface area contributed by atoms with Crippen molar-refractivity contribution in [1.29, 1.82) is 0 Å². The lowest BCUT2D eigenvalue weighted by Gasteiger charge is -2.22. The highest BCUT2D eigenvalue weighted by Crippen LogP contribution is 2.27. The van der Waals surface area contributed by atoms with Gasteiger partial charge in [0.05, 0.1) is 10.9 Å². The van der Waals surface area contributed by atoms with Crippen LogP contribution in [-0.4, -0.2) is 30.9 Å². The molecule has 0 radical (unpaired) electrons. The molecule has 0 aromatic heterocycles. The molecule has 0 bridgehead atoms. The predicted molar refractivity (Wildman–Crippen MR) is 55.5 cm³/mol. The van der Waals surface area contributed by atoms with Crippen LogP contribution in [0.25, 0.3) is 0 Å². The van der Waals surface area contributed by atoms with Crippen molar-refractivity contribution < 1.29 is 13.5 Å². The van der Waals surface area contributed by atoms with E-state index in [0.717, 1.165) is 19.3 Å². The summed E-state index contributed by atoms with van der Waals surface area (Å²) in [6, 6.07) is 0. The minimum Gasteiger partial charge on any atom is -0.389 e. The Balaban J connectivity index is 2.39. The summed E-state index contributed by atoms with van der Waals surface area (Å²) in [6.45, 7) is 3.75. The molecule has 0 aliphatic heterocycles. The van der Waals surface area contributed by atoms with Gasteiger partial charge in [-0.2, -0.15) is 0 Å². The second-order valence-electron chi connectivity index (χ2n) is 4.31. The molecule has 14 heavy (non-hydrogen) atoms. The van der Waals surface area contributed by atoms with Gasteiger partial charge in [0, 0.05) is 6.54 Å². The maximum absolute atomic E-state index is 11.4. The number of hydrogen-bond donors (Lipinski definition) is 2. The fourth-order valence-corrected chi connectivity index (χ4v) is 2.88. The van der Waals surface area contributed by atoms with E-state index in [-0.39, 0.29) is 11.8 Å². The molecule has 0 amide bonds. The molecule has 1 rings (SSSR count). The molecule has 1 saturated carbocycles. The Morgan fingerprint density at radius 2 is 2.07 bits per heavy atom. The molecule has 5 heteroatoms. The summed E-state index contributed by atoms with van der Waals surface area (Å²) in [7, 11) is -3.15. The van der Waals surface area contributed by atoms with Crippen molar-refractivity contribution in [3.05, 3.63) is 0 Å². The summed E-state index contributed by atoms with van der Waals surface area (Å²) in [6.07, 6.45) is 2.97. The molecular weight excluding hydrogens is 202 g/mol. The van der Waals surface area contributed by atoms with Gasteiger partial charge in [-0.25, -0.2) is 13.1 Å². The van der Waals surface area contributed by atoms with Crippen LogP contribution in [-0.2, 0) is 10.0 Å². The van der Waals surface area contributed by atoms with Gasteiger partial charge in [0.15, 0.2) is 0 Å². The van der Waals surface area contributed by atoms with Gasteiger partial charge in [0.1, 0.15) is 0 Å². The number of nitrogens with one attached hydrogen (secondary N) is 1. The Hall–Kier alpha value is -0.130. The van der Waals surface area contributed by atoms with Crippen molar-refractivity contribution in [3.63, 3.8) is 0 Å². The zero-order valence-electron chi connectivity index (χ0n) is 8.78. The first-order valence-corrected chi connectivity index (χ1v) is 6.63. The van der Waals surface area contributed by atoms with Crippen molar-refractivity contribution in [2.75, 3.05) is 6.54 Å². The average Bonchev–Trinajstić information content (AvgIpc) is 2.83. The third-order valence-electron chi connectivity index (χ3n) is 2.41. The van der Waals surface area contributed by atoms with Crippen LogP contribution in [0.15, 0.2) is 0 Å². The Kier molecular flexibility index (Phi) is 3.55. The Morgan fingerprint density at radius 1 is 1.50 bits per heavy atom. The fraction of sp³-hybridized carbons (Fsp3) is 1.00. The summed E-state index contributed by atoms with van der Waals surface area (Å²) in [4.78, 5) is 0. The minimum absolute atomic E-state index is 0.125. The zero-order valence-corrected chi connectivity index (χ0v) is 9.60. The molecule has 0 aromatic carbocycles. The van der Waals surface area contributed by atoms with Crippen LogP contribution in [0.2, 0.25) is 0 Å². The molecule has 1 aliphatic carbocycles. The van der Waals surface area contributed by atoms with Crippen LogP contribution in [0, 0.1) is 0 Å². The first-order valence-electron chi connectivity index (χ1n) is 5.08. The second-order valence-corrected chi connectivity index (χ2v) is 6.36. The smallest absolute Gasteiger partial charge is 0.214 e. The second kappa shape index (κ2) is 4.16. The van der Waals surface area contributed by atoms with E-state index in [1.54, 1.807) is 6.92 Å². The fourth-order valence-electron chi connectivity index (χ4n) is 1.38. The van der Waals surface area contributed by atoms with E-state index >= 15 is 0 Å². The number of hydrogen-bond acceptors (Lipinski definition) is 3. The molecule has 2 N–H and O–H groups in total. The lowest BCUT2D eigenvalue weighted by Crippen LogP contribution is -2.41. The van der Waals surface area contributed by atoms with Gasteiger partial charge in [-0.1, -0.05) is 13.3 Å². The summed E-state index contributed by atoms with van der Waals surface area (Å²) in [5.41, 5.74) is -0.920. The Bertz CT molecular complexity index is 280. The van der Waals surface area contributed by atoms with E-state index in [0.29, 0.717) is 6.42 Å². The monoisotopic (exact) mass is 221 g/mol. The van der Waals surface area contributed by atoms with Crippen molar-refractivity contribution in [2.24, 2.45) is 0 Å². The largest absolute Gasteiger partial charge is 0.389 e. The molecule has 4 nitrogen and oxygen atoms in total. The summed E-state index contributed by atoms with van der Waals surface area (Å²) in [5.74, 6) is 0. The quantitative estimate of drug-likeness (QED) is 0.691. The van der Waals surface area contributed by atoms with Crippen molar-refractivity contribution in [2.45, 2.75) is 50.4 Å². The molecule has 0 aromatic rings. The van der Waals surface area contributed by atoms with Crippen LogP contribution in [0.1, 0.15) is 39.5 Å². The number of rotatable bonds is 6. The first kappa shape index (κ1) is 11.9. The van der Waals surface area contributed by atoms with E-state index in [1.807, 2.05) is 6.92 Å². The highest BCUT2D eigenvalue weighted by molar-refractivity contribution is 7.90. The van der Waals surface area contributed by atoms with E-state index in [9.17, 15) is 13.5 Å². The highest BCUT2D eigenvalue weighted by atomic mass is 32.2. The first-order chi connectivity index (χ1) is 6.37. The molecule has 1 aliphatic rings. The van der Waals surface area contributed by atoms with Gasteiger partial charge < -0.3 is 5.11 Å². The molecule has 0 saturated heterocycles. The molecule has 84 valence electrons. The molecule has 1 atom stereocenters. The molecule has 1 unspecified atom stereocenters. The standard InChI is InChI=1S/C9H19NO3S/c1-3-6-9(2,11)7-10-14(12,13)8-4-5-8/h8,10-11H,3-7H2,1-2H3. The summed E-state index contributed by atoms with van der Waals surface area (Å²) < 4.78 is 25.3. The third-order valence-corrected chi connectivity index (χ3v) is 4.30. The molecular formula is C9H19NO3S. The summed E-state index contributed by atoms with van der Waals surface area (Å²) in [5, 5.41) is 9.54. The van der Waals surface area contributed by atoms with E-state index in [4.69, 9.17) is 0 Å². The average molecular weight is 221 g/mol. The lowest BCUT2D eigenvalue weighted by atomic mass is 10.0. The Morgan fingerprint density at radius 3 is 2.50 bits per heavy atom. The van der Waals surface area contributed by atoms with Crippen LogP contribution >= 0.6 is 0 Å². The SMILES string of the molecule is CCCC(C)(O)CNS(=O)(=O)C1CC1. The molecule has 0 spiro atoms. The normalized spacial score (nSPS) is 21.9. The van der Waals surface area contributed by atoms with Crippen molar-refractivity contribution in [1.82, 2.24) is 4.72 Å². The van der Waals surface area contributed by atoms with Crippen molar-refractivity contribution in [3.8, 4) is 0 Å². The lowest BCUT2D eigenvalue weighted by molar-refractivity contribution is 0.0554. The van der Waals surface area contributed by atoms with Gasteiger partial charge >= 0.3 is 0 Å². The third kappa shape index (κ3) is 3.55. The predicted octanol–water partition coefficient (Wildman–Crippen LogP) is 0.619. The zero-order chi connectivity index (χ0) is 10.8. The van der Waals surface area contributed by atoms with Crippen LogP contribution < -0.4 is 4.72 Å². The van der Waals surface area contributed by atoms with Crippen molar-refractivity contribution >= 4 is 10.0 Å². The topological polar surface area (TPSA) is 66.4 Å². The molecule has 1 fully saturated rings. The summed E-state index contributed by atoms with van der Waals surface area (Å²) >= 11 is 0. The van der Waals surface area contributed by atoms with E-state index in [1.165, 1.54) is 0 Å². The van der Waals surface area contributed by atoms with Gasteiger partial charge in [-0.3, -0.25) is 0 Å². The maximum Gasteiger partial charge on any atom is 0.214 e. The number of sulfonamides is 1. The maximum atomic E-state index is 11.4. The highest BCUT2D eigenvalue weighted by Gasteiger charge is 2.36. The van der Waals surface area contributed by atoms with Crippen LogP contribution in [0.4, 0.5) is 0 Å². The molecule has 0 heterocycles. The minimum atomic E-state index is -3.15. The van der Waals surface area contributed by atoms with Gasteiger partial charge in [-0.05, 0) is 26.2 Å². The Labute approximate surface area is 85.8 Å². The van der Waals surface area contributed by atoms with Crippen LogP contribution in [0.5, 0.6) is 0 Å². The van der Waals surface area contributed by atoms with Gasteiger partial charge in [0.2, 0.25) is 10.0 Å². The van der Waals surface area contributed by atoms with Gasteiger partial charge in [-0.15, -0.1) is 0 Å².